The molecule has 0 spiro atoms. The maximum absolute atomic E-state index is 12.9. The predicted molar refractivity (Wildman–Crippen MR) is 99.0 cm³/mol. The van der Waals surface area contributed by atoms with Crippen molar-refractivity contribution >= 4 is 29.5 Å². The van der Waals surface area contributed by atoms with Gasteiger partial charge in [0.2, 0.25) is 0 Å². The number of morpholine rings is 1. The lowest BCUT2D eigenvalue weighted by Gasteiger charge is -2.26. The van der Waals surface area contributed by atoms with Crippen molar-refractivity contribution in [2.75, 3.05) is 26.3 Å². The molecule has 1 aromatic carbocycles. The second kappa shape index (κ2) is 6.72. The third-order valence-electron chi connectivity index (χ3n) is 4.63. The zero-order chi connectivity index (χ0) is 18.1. The number of aromatic nitrogens is 4. The number of para-hydroxylation sites is 1. The Hall–Kier alpha value is -3.00. The molecule has 1 aliphatic heterocycles. The Kier molecular flexibility index (Phi) is 4.26. The van der Waals surface area contributed by atoms with Gasteiger partial charge in [-0.1, -0.05) is 13.0 Å². The number of amides is 1. The molecule has 0 radical (unpaired) electrons. The number of imidazole rings is 1. The van der Waals surface area contributed by atoms with Gasteiger partial charge in [0.1, 0.15) is 11.2 Å². The average molecular weight is 352 g/mol. The van der Waals surface area contributed by atoms with Crippen molar-refractivity contribution in [1.29, 1.82) is 0 Å². The number of nitrogens with one attached hydrogen (secondary N) is 2. The van der Waals surface area contributed by atoms with Crippen LogP contribution in [0.4, 0.5) is 5.82 Å². The van der Waals surface area contributed by atoms with Crippen molar-refractivity contribution in [3.8, 4) is 11.5 Å². The van der Waals surface area contributed by atoms with Crippen LogP contribution in [0.2, 0.25) is 0 Å². The molecule has 1 aliphatic rings. The lowest BCUT2D eigenvalue weighted by Crippen LogP contribution is -2.40. The maximum atomic E-state index is 12.9. The highest BCUT2D eigenvalue weighted by Crippen LogP contribution is 2.29. The van der Waals surface area contributed by atoms with Gasteiger partial charge in [-0.25, -0.2) is 9.98 Å². The molecule has 0 bridgehead atoms. The molecule has 0 atom stereocenters. The van der Waals surface area contributed by atoms with Crippen LogP contribution >= 0.6 is 0 Å². The zero-order valence-electron chi connectivity index (χ0n) is 14.6. The minimum Gasteiger partial charge on any atom is -0.378 e. The van der Waals surface area contributed by atoms with Gasteiger partial charge in [-0.05, 0) is 25.3 Å². The van der Waals surface area contributed by atoms with Gasteiger partial charge in [0.25, 0.3) is 5.91 Å². The van der Waals surface area contributed by atoms with Crippen molar-refractivity contribution in [3.05, 3.63) is 29.3 Å². The number of fused-ring (bicyclic) bond motifs is 1. The SMILES string of the molecule is C=Nc1n[nH]c(-c2nc3c(C(=O)N4CCOCC4)cccc3[nH]2)c1CC. The van der Waals surface area contributed by atoms with E-state index in [0.29, 0.717) is 49.0 Å². The third kappa shape index (κ3) is 2.68. The van der Waals surface area contributed by atoms with Gasteiger partial charge >= 0.3 is 0 Å². The van der Waals surface area contributed by atoms with Gasteiger partial charge in [0, 0.05) is 18.7 Å². The number of carbonyl (C=O) groups is 1. The standard InChI is InChI=1S/C18H20N6O2/c1-3-11-15(22-23-16(11)19-2)17-20-13-6-4-5-12(14(13)21-17)18(25)24-7-9-26-10-8-24/h4-6H,2-3,7-10H2,1H3,(H,20,21)(H,22,23). The number of carbonyl (C=O) groups excluding carboxylic acids is 1. The van der Waals surface area contributed by atoms with Crippen LogP contribution < -0.4 is 0 Å². The summed E-state index contributed by atoms with van der Waals surface area (Å²) in [6.07, 6.45) is 0.747. The van der Waals surface area contributed by atoms with E-state index >= 15 is 0 Å². The molecule has 134 valence electrons. The maximum Gasteiger partial charge on any atom is 0.256 e. The number of hydrogen-bond acceptors (Lipinski definition) is 5. The summed E-state index contributed by atoms with van der Waals surface area (Å²) in [6, 6.07) is 5.59. The van der Waals surface area contributed by atoms with Gasteiger partial charge in [-0.2, -0.15) is 5.10 Å². The summed E-state index contributed by atoms with van der Waals surface area (Å²) >= 11 is 0. The van der Waals surface area contributed by atoms with Crippen LogP contribution in [0.5, 0.6) is 0 Å². The van der Waals surface area contributed by atoms with E-state index < -0.39 is 0 Å². The van der Waals surface area contributed by atoms with Crippen LogP contribution in [0.15, 0.2) is 23.2 Å². The summed E-state index contributed by atoms with van der Waals surface area (Å²) in [6.45, 7) is 7.92. The highest BCUT2D eigenvalue weighted by Gasteiger charge is 2.23. The molecule has 8 nitrogen and oxygen atoms in total. The van der Waals surface area contributed by atoms with Crippen molar-refractivity contribution in [1.82, 2.24) is 25.1 Å². The van der Waals surface area contributed by atoms with Gasteiger partial charge < -0.3 is 14.6 Å². The molecule has 3 aromatic rings. The molecular weight excluding hydrogens is 332 g/mol. The van der Waals surface area contributed by atoms with Crippen LogP contribution in [0.1, 0.15) is 22.8 Å². The van der Waals surface area contributed by atoms with E-state index in [1.54, 1.807) is 4.90 Å². The largest absolute Gasteiger partial charge is 0.378 e. The van der Waals surface area contributed by atoms with Crippen LogP contribution in [-0.4, -0.2) is 64.0 Å². The van der Waals surface area contributed by atoms with E-state index in [2.05, 4.69) is 31.9 Å². The lowest BCUT2D eigenvalue weighted by molar-refractivity contribution is 0.0304. The van der Waals surface area contributed by atoms with Crippen LogP contribution in [-0.2, 0) is 11.2 Å². The number of benzene rings is 1. The molecule has 1 amide bonds. The summed E-state index contributed by atoms with van der Waals surface area (Å²) in [4.78, 5) is 26.6. The van der Waals surface area contributed by atoms with Crippen LogP contribution in [0, 0.1) is 0 Å². The van der Waals surface area contributed by atoms with Crippen LogP contribution in [0.3, 0.4) is 0 Å². The molecule has 26 heavy (non-hydrogen) atoms. The molecule has 0 saturated carbocycles. The molecule has 4 rings (SSSR count). The number of ether oxygens (including phenoxy) is 1. The van der Waals surface area contributed by atoms with E-state index in [9.17, 15) is 4.79 Å². The Morgan fingerprint density at radius 1 is 1.38 bits per heavy atom. The number of rotatable bonds is 4. The fourth-order valence-corrected chi connectivity index (χ4v) is 3.28. The summed E-state index contributed by atoms with van der Waals surface area (Å²) in [7, 11) is 0. The number of aromatic amines is 2. The summed E-state index contributed by atoms with van der Waals surface area (Å²) in [5, 5.41) is 7.16. The minimum absolute atomic E-state index is 0.0225. The molecule has 1 saturated heterocycles. The third-order valence-corrected chi connectivity index (χ3v) is 4.63. The van der Waals surface area contributed by atoms with Gasteiger partial charge in [0.05, 0.1) is 24.3 Å². The molecule has 0 aliphatic carbocycles. The molecule has 1 fully saturated rings. The Bertz CT molecular complexity index is 967. The Balaban J connectivity index is 1.77. The Morgan fingerprint density at radius 3 is 2.92 bits per heavy atom. The smallest absolute Gasteiger partial charge is 0.256 e. The second-order valence-electron chi connectivity index (χ2n) is 6.10. The van der Waals surface area contributed by atoms with Crippen molar-refractivity contribution in [2.45, 2.75) is 13.3 Å². The quantitative estimate of drug-likeness (QED) is 0.704. The number of nitrogens with zero attached hydrogens (tertiary/aromatic N) is 4. The van der Waals surface area contributed by atoms with E-state index in [0.717, 1.165) is 23.2 Å². The van der Waals surface area contributed by atoms with Gasteiger partial charge in [-0.15, -0.1) is 0 Å². The van der Waals surface area contributed by atoms with E-state index in [1.165, 1.54) is 0 Å². The molecule has 2 aromatic heterocycles. The highest BCUT2D eigenvalue weighted by atomic mass is 16.5. The normalized spacial score (nSPS) is 14.7. The lowest BCUT2D eigenvalue weighted by atomic mass is 10.1. The Morgan fingerprint density at radius 2 is 2.19 bits per heavy atom. The number of hydrogen-bond donors (Lipinski definition) is 2. The molecular formula is C18H20N6O2. The Labute approximate surface area is 150 Å². The molecule has 8 heteroatoms. The monoisotopic (exact) mass is 352 g/mol. The highest BCUT2D eigenvalue weighted by molar-refractivity contribution is 6.05. The number of H-pyrrole nitrogens is 2. The summed E-state index contributed by atoms with van der Waals surface area (Å²) in [5.74, 6) is 1.19. The first kappa shape index (κ1) is 16.5. The summed E-state index contributed by atoms with van der Waals surface area (Å²) < 4.78 is 5.33. The summed E-state index contributed by atoms with van der Waals surface area (Å²) in [5.41, 5.74) is 3.77. The molecule has 2 N–H and O–H groups in total. The first-order chi connectivity index (χ1) is 12.7. The van der Waals surface area contributed by atoms with Crippen molar-refractivity contribution in [2.24, 2.45) is 4.99 Å². The van der Waals surface area contributed by atoms with Crippen LogP contribution in [0.25, 0.3) is 22.6 Å². The number of aliphatic imine (C=N–C) groups is 1. The first-order valence-corrected chi connectivity index (χ1v) is 8.63. The van der Waals surface area contributed by atoms with Crippen molar-refractivity contribution < 1.29 is 9.53 Å². The fraction of sp³-hybridized carbons (Fsp3) is 0.333. The average Bonchev–Trinajstić information content (AvgIpc) is 3.30. The van der Waals surface area contributed by atoms with Crippen molar-refractivity contribution in [3.63, 3.8) is 0 Å². The van der Waals surface area contributed by atoms with E-state index in [1.807, 2.05) is 25.1 Å². The van der Waals surface area contributed by atoms with E-state index in [4.69, 9.17) is 4.74 Å². The molecule has 3 heterocycles. The van der Waals surface area contributed by atoms with E-state index in [-0.39, 0.29) is 5.91 Å². The fourth-order valence-electron chi connectivity index (χ4n) is 3.28. The first-order valence-electron chi connectivity index (χ1n) is 8.63. The topological polar surface area (TPSA) is 99.3 Å². The predicted octanol–water partition coefficient (Wildman–Crippen LogP) is 2.32. The van der Waals surface area contributed by atoms with Gasteiger partial charge in [-0.3, -0.25) is 9.89 Å². The zero-order valence-corrected chi connectivity index (χ0v) is 14.6. The van der Waals surface area contributed by atoms with Gasteiger partial charge in [0.15, 0.2) is 11.6 Å². The second-order valence-corrected chi connectivity index (χ2v) is 6.10. The minimum atomic E-state index is -0.0225. The molecule has 0 unspecified atom stereocenters.